The molecule has 5 nitrogen and oxygen atoms in total. The summed E-state index contributed by atoms with van der Waals surface area (Å²) in [4.78, 5) is 28.1. The summed E-state index contributed by atoms with van der Waals surface area (Å²) in [6, 6.07) is 5.63. The van der Waals surface area contributed by atoms with E-state index in [1.165, 1.54) is 0 Å². The molecule has 1 aliphatic heterocycles. The van der Waals surface area contributed by atoms with Gasteiger partial charge in [0.2, 0.25) is 5.91 Å². The fourth-order valence-corrected chi connectivity index (χ4v) is 3.05. The second-order valence-corrected chi connectivity index (χ2v) is 7.32. The van der Waals surface area contributed by atoms with Gasteiger partial charge >= 0.3 is 0 Å². The molecule has 0 unspecified atom stereocenters. The second kappa shape index (κ2) is 7.24. The lowest BCUT2D eigenvalue weighted by atomic mass is 9.85. The molecule has 0 radical (unpaired) electrons. The van der Waals surface area contributed by atoms with Crippen LogP contribution in [0, 0.1) is 0 Å². The highest BCUT2D eigenvalue weighted by Gasteiger charge is 2.24. The van der Waals surface area contributed by atoms with Crippen molar-refractivity contribution in [2.24, 2.45) is 0 Å². The number of methoxy groups -OCH3 is 1. The summed E-state index contributed by atoms with van der Waals surface area (Å²) >= 11 is 0. The zero-order chi connectivity index (χ0) is 17.9. The Kier molecular flexibility index (Phi) is 5.52. The van der Waals surface area contributed by atoms with Crippen LogP contribution in [0.25, 0.3) is 0 Å². The van der Waals surface area contributed by atoms with Crippen LogP contribution in [-0.2, 0) is 10.2 Å². The van der Waals surface area contributed by atoms with Gasteiger partial charge in [0.15, 0.2) is 0 Å². The van der Waals surface area contributed by atoms with Gasteiger partial charge < -0.3 is 14.5 Å². The van der Waals surface area contributed by atoms with Gasteiger partial charge in [-0.3, -0.25) is 9.59 Å². The highest BCUT2D eigenvalue weighted by atomic mass is 16.5. The van der Waals surface area contributed by atoms with Crippen molar-refractivity contribution in [3.63, 3.8) is 0 Å². The highest BCUT2D eigenvalue weighted by molar-refractivity contribution is 5.94. The third-order valence-corrected chi connectivity index (χ3v) is 4.48. The van der Waals surface area contributed by atoms with Gasteiger partial charge in [-0.25, -0.2) is 0 Å². The predicted octanol–water partition coefficient (Wildman–Crippen LogP) is 2.69. The van der Waals surface area contributed by atoms with Crippen molar-refractivity contribution < 1.29 is 14.3 Å². The third-order valence-electron chi connectivity index (χ3n) is 4.48. The summed E-state index contributed by atoms with van der Waals surface area (Å²) in [7, 11) is 1.65. The number of carbonyl (C=O) groups is 2. The number of hydrogen-bond donors (Lipinski definition) is 0. The number of amides is 2. The number of ether oxygens (including phenoxy) is 1. The number of carbonyl (C=O) groups excluding carboxylic acids is 2. The van der Waals surface area contributed by atoms with Gasteiger partial charge in [0.1, 0.15) is 5.75 Å². The molecular weight excluding hydrogens is 304 g/mol. The Labute approximate surface area is 144 Å². The van der Waals surface area contributed by atoms with E-state index < -0.39 is 0 Å². The van der Waals surface area contributed by atoms with Crippen LogP contribution in [0.1, 0.15) is 50.0 Å². The van der Waals surface area contributed by atoms with Crippen LogP contribution in [-0.4, -0.2) is 54.9 Å². The Morgan fingerprint density at radius 2 is 1.67 bits per heavy atom. The van der Waals surface area contributed by atoms with E-state index in [0.29, 0.717) is 25.2 Å². The first kappa shape index (κ1) is 18.3. The van der Waals surface area contributed by atoms with Crippen LogP contribution in [0.5, 0.6) is 5.75 Å². The molecule has 5 heteroatoms. The average molecular weight is 332 g/mol. The van der Waals surface area contributed by atoms with Crippen LogP contribution < -0.4 is 4.74 Å². The van der Waals surface area contributed by atoms with E-state index in [4.69, 9.17) is 4.74 Å². The van der Waals surface area contributed by atoms with Gasteiger partial charge in [-0.2, -0.15) is 0 Å². The minimum atomic E-state index is -0.105. The molecule has 2 amide bonds. The van der Waals surface area contributed by atoms with Crippen LogP contribution in [0.3, 0.4) is 0 Å². The van der Waals surface area contributed by atoms with E-state index in [0.717, 1.165) is 24.3 Å². The Hall–Kier alpha value is -2.04. The highest BCUT2D eigenvalue weighted by Crippen LogP contribution is 2.32. The molecule has 2 rings (SSSR count). The predicted molar refractivity (Wildman–Crippen MR) is 94.5 cm³/mol. The molecule has 0 saturated carbocycles. The van der Waals surface area contributed by atoms with E-state index in [1.807, 2.05) is 28.0 Å². The first-order valence-electron chi connectivity index (χ1n) is 8.47. The Bertz CT molecular complexity index is 620. The molecule has 0 atom stereocenters. The number of benzene rings is 1. The minimum Gasteiger partial charge on any atom is -0.496 e. The van der Waals surface area contributed by atoms with E-state index in [-0.39, 0.29) is 17.2 Å². The van der Waals surface area contributed by atoms with Gasteiger partial charge in [-0.1, -0.05) is 20.8 Å². The van der Waals surface area contributed by atoms with Crippen molar-refractivity contribution in [1.82, 2.24) is 9.80 Å². The van der Waals surface area contributed by atoms with Crippen molar-refractivity contribution in [3.8, 4) is 5.75 Å². The maximum absolute atomic E-state index is 12.9. The van der Waals surface area contributed by atoms with E-state index in [9.17, 15) is 9.59 Å². The molecule has 1 fully saturated rings. The topological polar surface area (TPSA) is 49.9 Å². The molecule has 1 aliphatic rings. The van der Waals surface area contributed by atoms with Crippen LogP contribution >= 0.6 is 0 Å². The summed E-state index contributed by atoms with van der Waals surface area (Å²) in [6.07, 6.45) is 0.813. The second-order valence-electron chi connectivity index (χ2n) is 7.32. The van der Waals surface area contributed by atoms with Crippen molar-refractivity contribution in [2.45, 2.75) is 39.5 Å². The number of nitrogens with zero attached hydrogens (tertiary/aromatic N) is 2. The van der Waals surface area contributed by atoms with Gasteiger partial charge in [-0.05, 0) is 30.0 Å². The molecule has 132 valence electrons. The molecule has 24 heavy (non-hydrogen) atoms. The Morgan fingerprint density at radius 3 is 2.25 bits per heavy atom. The van der Waals surface area contributed by atoms with Gasteiger partial charge in [0.25, 0.3) is 5.91 Å². The number of hydrogen-bond acceptors (Lipinski definition) is 3. The monoisotopic (exact) mass is 332 g/mol. The quantitative estimate of drug-likeness (QED) is 0.837. The largest absolute Gasteiger partial charge is 0.496 e. The number of rotatable bonds is 2. The van der Waals surface area contributed by atoms with Crippen LogP contribution in [0.2, 0.25) is 0 Å². The molecule has 0 spiro atoms. The van der Waals surface area contributed by atoms with Gasteiger partial charge in [0, 0.05) is 44.2 Å². The van der Waals surface area contributed by atoms with Crippen LogP contribution in [0.15, 0.2) is 18.2 Å². The third kappa shape index (κ3) is 4.08. The van der Waals surface area contributed by atoms with E-state index in [2.05, 4.69) is 20.8 Å². The lowest BCUT2D eigenvalue weighted by Gasteiger charge is -2.25. The summed E-state index contributed by atoms with van der Waals surface area (Å²) < 4.78 is 5.44. The van der Waals surface area contributed by atoms with Crippen molar-refractivity contribution >= 4 is 11.8 Å². The van der Waals surface area contributed by atoms with E-state index >= 15 is 0 Å². The first-order chi connectivity index (χ1) is 11.2. The van der Waals surface area contributed by atoms with Crippen molar-refractivity contribution in [3.05, 3.63) is 29.3 Å². The van der Waals surface area contributed by atoms with E-state index in [1.54, 1.807) is 14.0 Å². The molecule has 0 bridgehead atoms. The summed E-state index contributed by atoms with van der Waals surface area (Å²) in [5, 5.41) is 0. The lowest BCUT2D eigenvalue weighted by Crippen LogP contribution is -2.36. The maximum Gasteiger partial charge on any atom is 0.253 e. The van der Waals surface area contributed by atoms with Crippen LogP contribution in [0.4, 0.5) is 0 Å². The zero-order valence-electron chi connectivity index (χ0n) is 15.4. The fourth-order valence-electron chi connectivity index (χ4n) is 3.05. The molecule has 0 aliphatic carbocycles. The molecule has 0 aromatic heterocycles. The standard InChI is InChI=1S/C19H28N2O3/c1-14(22)20-9-6-10-21(12-11-20)18(23)15-7-8-17(24-5)16(13-15)19(2,3)4/h7-8,13H,6,9-12H2,1-5H3. The Balaban J connectivity index is 2.22. The molecule has 1 aromatic carbocycles. The molecule has 1 heterocycles. The molecule has 1 aromatic rings. The first-order valence-corrected chi connectivity index (χ1v) is 8.47. The maximum atomic E-state index is 12.9. The summed E-state index contributed by atoms with van der Waals surface area (Å²) in [5.74, 6) is 0.898. The normalized spacial score (nSPS) is 15.9. The summed E-state index contributed by atoms with van der Waals surface area (Å²) in [6.45, 7) is 10.5. The van der Waals surface area contributed by atoms with Gasteiger partial charge in [0.05, 0.1) is 7.11 Å². The zero-order valence-corrected chi connectivity index (χ0v) is 15.4. The fraction of sp³-hybridized carbons (Fsp3) is 0.579. The Morgan fingerprint density at radius 1 is 1.04 bits per heavy atom. The van der Waals surface area contributed by atoms with Gasteiger partial charge in [-0.15, -0.1) is 0 Å². The molecule has 1 saturated heterocycles. The van der Waals surface area contributed by atoms with Crippen molar-refractivity contribution in [1.29, 1.82) is 0 Å². The SMILES string of the molecule is COc1ccc(C(=O)N2CCCN(C(C)=O)CC2)cc1C(C)(C)C. The minimum absolute atomic E-state index is 0.0218. The average Bonchev–Trinajstić information content (AvgIpc) is 2.78. The molecular formula is C19H28N2O3. The molecule has 0 N–H and O–H groups in total. The van der Waals surface area contributed by atoms with Crippen molar-refractivity contribution in [2.75, 3.05) is 33.3 Å². The summed E-state index contributed by atoms with van der Waals surface area (Å²) in [5.41, 5.74) is 1.60. The smallest absolute Gasteiger partial charge is 0.253 e. The lowest BCUT2D eigenvalue weighted by molar-refractivity contribution is -0.128.